The molecular weight excluding hydrogens is 262 g/mol. The van der Waals surface area contributed by atoms with Gasteiger partial charge in [-0.2, -0.15) is 0 Å². The molecule has 0 aliphatic carbocycles. The lowest BCUT2D eigenvalue weighted by Gasteiger charge is -2.31. The summed E-state index contributed by atoms with van der Waals surface area (Å²) in [7, 11) is -4.07. The van der Waals surface area contributed by atoms with Gasteiger partial charge in [0.25, 0.3) is 0 Å². The minimum Gasteiger partial charge on any atom is -0.479 e. The fraction of sp³-hybridized carbons (Fsp3) is 0.800. The van der Waals surface area contributed by atoms with Crippen LogP contribution < -0.4 is 5.32 Å². The smallest absolute Gasteiger partial charge is 0.409 e. The fourth-order valence-electron chi connectivity index (χ4n) is 1.52. The molecule has 0 aromatic carbocycles. The number of aliphatic carboxylic acids is 1. The minimum atomic E-state index is -4.07. The monoisotopic (exact) mass is 281 g/mol. The van der Waals surface area contributed by atoms with Crippen LogP contribution in [0.5, 0.6) is 0 Å². The van der Waals surface area contributed by atoms with E-state index in [1.165, 1.54) is 13.8 Å². The highest BCUT2D eigenvalue weighted by Gasteiger charge is 2.53. The number of carbonyl (C=O) groups excluding carboxylic acids is 1. The van der Waals surface area contributed by atoms with E-state index in [2.05, 4.69) is 0 Å². The summed E-state index contributed by atoms with van der Waals surface area (Å²) in [4.78, 5) is 20.4. The van der Waals surface area contributed by atoms with Crippen LogP contribution in [0.4, 0.5) is 4.79 Å². The minimum absolute atomic E-state index is 0.483. The molecule has 0 unspecified atom stereocenters. The predicted octanol–water partition coefficient (Wildman–Crippen LogP) is 0.602. The zero-order valence-corrected chi connectivity index (χ0v) is 11.9. The molecule has 0 rings (SSSR count). The number of alkyl carbamates (subject to hydrolysis) is 1. The van der Waals surface area contributed by atoms with E-state index < -0.39 is 38.8 Å². The number of rotatable bonds is 5. The van der Waals surface area contributed by atoms with Gasteiger partial charge in [-0.15, -0.1) is 0 Å². The van der Waals surface area contributed by atoms with Crippen molar-refractivity contribution < 1.29 is 27.9 Å². The topological polar surface area (TPSA) is 110 Å². The number of sulfone groups is 1. The SMILES string of the molecule is CC(C)OC(=O)N[C@](C(=O)O)(C(C)C)S(C)(=O)=O. The third-order valence-corrected chi connectivity index (χ3v) is 4.26. The molecule has 0 fully saturated rings. The summed E-state index contributed by atoms with van der Waals surface area (Å²) in [6.07, 6.45) is -0.800. The normalized spacial score (nSPS) is 15.3. The Labute approximate surface area is 106 Å². The highest BCUT2D eigenvalue weighted by molar-refractivity contribution is 7.92. The zero-order valence-electron chi connectivity index (χ0n) is 11.1. The number of ether oxygens (including phenoxy) is 1. The summed E-state index contributed by atoms with van der Waals surface area (Å²) < 4.78 is 28.1. The molecule has 0 aliphatic heterocycles. The lowest BCUT2D eigenvalue weighted by atomic mass is 10.0. The van der Waals surface area contributed by atoms with E-state index >= 15 is 0 Å². The third kappa shape index (κ3) is 3.34. The first-order chi connectivity index (χ1) is 7.95. The van der Waals surface area contributed by atoms with Gasteiger partial charge in [0.1, 0.15) is 0 Å². The van der Waals surface area contributed by atoms with E-state index in [9.17, 15) is 18.0 Å². The number of carboxylic acid groups (broad SMARTS) is 1. The molecule has 7 nitrogen and oxygen atoms in total. The molecule has 1 atom stereocenters. The van der Waals surface area contributed by atoms with Crippen LogP contribution in [-0.2, 0) is 19.4 Å². The average molecular weight is 281 g/mol. The van der Waals surface area contributed by atoms with Gasteiger partial charge in [0.15, 0.2) is 9.84 Å². The van der Waals surface area contributed by atoms with Crippen LogP contribution in [0.25, 0.3) is 0 Å². The Morgan fingerprint density at radius 1 is 1.22 bits per heavy atom. The van der Waals surface area contributed by atoms with Crippen molar-refractivity contribution in [1.82, 2.24) is 5.32 Å². The maximum absolute atomic E-state index is 11.7. The maximum Gasteiger partial charge on any atom is 0.409 e. The lowest BCUT2D eigenvalue weighted by Crippen LogP contribution is -2.63. The van der Waals surface area contributed by atoms with Crippen LogP contribution in [0.3, 0.4) is 0 Å². The molecule has 0 saturated heterocycles. The van der Waals surface area contributed by atoms with Gasteiger partial charge in [-0.25, -0.2) is 18.0 Å². The van der Waals surface area contributed by atoms with Crippen molar-refractivity contribution in [3.05, 3.63) is 0 Å². The number of carboxylic acids is 1. The van der Waals surface area contributed by atoms with E-state index in [-0.39, 0.29) is 0 Å². The zero-order chi connectivity index (χ0) is 14.7. The average Bonchev–Trinajstić information content (AvgIpc) is 2.09. The van der Waals surface area contributed by atoms with Gasteiger partial charge in [-0.05, 0) is 13.8 Å². The van der Waals surface area contributed by atoms with Gasteiger partial charge in [0.2, 0.25) is 4.87 Å². The predicted molar refractivity (Wildman–Crippen MR) is 64.8 cm³/mol. The lowest BCUT2D eigenvalue weighted by molar-refractivity contribution is -0.142. The molecule has 0 aromatic heterocycles. The van der Waals surface area contributed by atoms with Crippen molar-refractivity contribution in [2.75, 3.05) is 6.26 Å². The largest absolute Gasteiger partial charge is 0.479 e. The van der Waals surface area contributed by atoms with Crippen molar-refractivity contribution in [2.24, 2.45) is 5.92 Å². The van der Waals surface area contributed by atoms with Crippen LogP contribution in [0.2, 0.25) is 0 Å². The summed E-state index contributed by atoms with van der Waals surface area (Å²) in [5.74, 6) is -2.49. The molecular formula is C10H19NO6S. The second-order valence-corrected chi connectivity index (χ2v) is 6.74. The van der Waals surface area contributed by atoms with Crippen LogP contribution in [0.15, 0.2) is 0 Å². The first kappa shape index (κ1) is 16.7. The maximum atomic E-state index is 11.7. The number of hydrogen-bond acceptors (Lipinski definition) is 5. The molecule has 0 bridgehead atoms. The van der Waals surface area contributed by atoms with Crippen molar-refractivity contribution >= 4 is 21.9 Å². The molecule has 0 saturated carbocycles. The number of hydrogen-bond donors (Lipinski definition) is 2. The molecule has 0 heterocycles. The standard InChI is InChI=1S/C10H19NO6S/c1-6(2)10(8(12)13,18(5,15)16)11-9(14)17-7(3)4/h6-7H,1-5H3,(H,11,14)(H,12,13)/t10-/m1/s1. The van der Waals surface area contributed by atoms with Gasteiger partial charge in [-0.3, -0.25) is 5.32 Å². The van der Waals surface area contributed by atoms with Gasteiger partial charge >= 0.3 is 12.1 Å². The van der Waals surface area contributed by atoms with Crippen LogP contribution in [0, 0.1) is 5.92 Å². The van der Waals surface area contributed by atoms with E-state index in [0.29, 0.717) is 0 Å². The number of amides is 1. The molecule has 8 heteroatoms. The van der Waals surface area contributed by atoms with E-state index in [1.54, 1.807) is 13.8 Å². The van der Waals surface area contributed by atoms with E-state index in [0.717, 1.165) is 6.26 Å². The van der Waals surface area contributed by atoms with Gasteiger partial charge < -0.3 is 9.84 Å². The van der Waals surface area contributed by atoms with Crippen molar-refractivity contribution in [3.8, 4) is 0 Å². The van der Waals surface area contributed by atoms with Crippen LogP contribution in [0.1, 0.15) is 27.7 Å². The molecule has 106 valence electrons. The summed E-state index contributed by atoms with van der Waals surface area (Å²) in [5.41, 5.74) is 0. The van der Waals surface area contributed by atoms with Gasteiger partial charge in [0.05, 0.1) is 6.10 Å². The Hall–Kier alpha value is -1.31. The highest BCUT2D eigenvalue weighted by atomic mass is 32.2. The Morgan fingerprint density at radius 2 is 1.67 bits per heavy atom. The fourth-order valence-corrected chi connectivity index (χ4v) is 2.96. The van der Waals surface area contributed by atoms with Crippen LogP contribution in [-0.4, -0.2) is 42.8 Å². The quantitative estimate of drug-likeness (QED) is 0.763. The van der Waals surface area contributed by atoms with Gasteiger partial charge in [0, 0.05) is 12.2 Å². The second-order valence-electron chi connectivity index (χ2n) is 4.55. The number of carbonyl (C=O) groups is 2. The van der Waals surface area contributed by atoms with Gasteiger partial charge in [-0.1, -0.05) is 13.8 Å². The molecule has 18 heavy (non-hydrogen) atoms. The van der Waals surface area contributed by atoms with E-state index in [1.807, 2.05) is 5.32 Å². The van der Waals surface area contributed by atoms with E-state index in [4.69, 9.17) is 9.84 Å². The first-order valence-electron chi connectivity index (χ1n) is 5.37. The summed E-state index contributed by atoms with van der Waals surface area (Å²) in [6, 6.07) is 0. The molecule has 0 spiro atoms. The molecule has 0 radical (unpaired) electrons. The van der Waals surface area contributed by atoms with Crippen molar-refractivity contribution in [3.63, 3.8) is 0 Å². The summed E-state index contributed by atoms with van der Waals surface area (Å²) in [6.45, 7) is 5.92. The summed E-state index contributed by atoms with van der Waals surface area (Å²) >= 11 is 0. The Kier molecular flexibility index (Phi) is 5.15. The van der Waals surface area contributed by atoms with Crippen molar-refractivity contribution in [2.45, 2.75) is 38.7 Å². The van der Waals surface area contributed by atoms with Crippen molar-refractivity contribution in [1.29, 1.82) is 0 Å². The molecule has 0 aromatic rings. The van der Waals surface area contributed by atoms with Crippen LogP contribution >= 0.6 is 0 Å². The molecule has 1 amide bonds. The Morgan fingerprint density at radius 3 is 1.89 bits per heavy atom. The Balaban J connectivity index is 5.50. The molecule has 2 N–H and O–H groups in total. The number of nitrogens with one attached hydrogen (secondary N) is 1. The summed E-state index contributed by atoms with van der Waals surface area (Å²) in [5, 5.41) is 11.1. The highest BCUT2D eigenvalue weighted by Crippen LogP contribution is 2.24. The third-order valence-electron chi connectivity index (χ3n) is 2.35. The Bertz CT molecular complexity index is 428. The second kappa shape index (κ2) is 5.55. The molecule has 0 aliphatic rings. The first-order valence-corrected chi connectivity index (χ1v) is 7.26.